The van der Waals surface area contributed by atoms with E-state index in [4.69, 9.17) is 9.47 Å². The standard InChI is InChI=1S/C28H46O4/c1-17(2)23-13-7-19(5)15-25(23)31-27(29)21-9-11-22(12-10-21)28(30)32-26-16-20(6)8-14-24(26)18(3)4/h9,11,17-26H,7-8,10,12-16H2,1-6H3/t19-,20+,21-,22+,23-,24-,25-,26-/m1/s1. The Morgan fingerprint density at radius 3 is 1.34 bits per heavy atom. The number of ether oxygens (including phenoxy) is 2. The lowest BCUT2D eigenvalue weighted by atomic mass is 9.75. The van der Waals surface area contributed by atoms with Crippen LogP contribution in [0.5, 0.6) is 0 Å². The molecule has 0 unspecified atom stereocenters. The quantitative estimate of drug-likeness (QED) is 0.342. The van der Waals surface area contributed by atoms with Crippen LogP contribution in [0.15, 0.2) is 12.2 Å². The van der Waals surface area contributed by atoms with Crippen LogP contribution in [0.4, 0.5) is 0 Å². The van der Waals surface area contributed by atoms with E-state index in [1.807, 2.05) is 12.2 Å². The van der Waals surface area contributed by atoms with Crippen LogP contribution in [0.2, 0.25) is 0 Å². The minimum Gasteiger partial charge on any atom is -0.462 e. The fourth-order valence-electron chi connectivity index (χ4n) is 6.19. The highest BCUT2D eigenvalue weighted by atomic mass is 16.5. The van der Waals surface area contributed by atoms with Crippen LogP contribution in [0.3, 0.4) is 0 Å². The molecule has 0 aromatic heterocycles. The summed E-state index contributed by atoms with van der Waals surface area (Å²) in [6.45, 7) is 13.4. The maximum Gasteiger partial charge on any atom is 0.313 e. The van der Waals surface area contributed by atoms with Crippen LogP contribution < -0.4 is 0 Å². The van der Waals surface area contributed by atoms with Crippen molar-refractivity contribution in [2.24, 2.45) is 47.3 Å². The van der Waals surface area contributed by atoms with Crippen LogP contribution in [0.1, 0.15) is 92.9 Å². The maximum absolute atomic E-state index is 12.9. The second-order valence-corrected chi connectivity index (χ2v) is 11.8. The molecule has 0 amide bonds. The van der Waals surface area contributed by atoms with Crippen LogP contribution >= 0.6 is 0 Å². The monoisotopic (exact) mass is 446 g/mol. The van der Waals surface area contributed by atoms with E-state index in [1.165, 1.54) is 12.8 Å². The van der Waals surface area contributed by atoms with E-state index >= 15 is 0 Å². The van der Waals surface area contributed by atoms with Crippen molar-refractivity contribution in [3.63, 3.8) is 0 Å². The fraction of sp³-hybridized carbons (Fsp3) is 0.857. The van der Waals surface area contributed by atoms with Gasteiger partial charge < -0.3 is 9.47 Å². The van der Waals surface area contributed by atoms with Crippen molar-refractivity contribution in [1.29, 1.82) is 0 Å². The third kappa shape index (κ3) is 6.38. The lowest BCUT2D eigenvalue weighted by Crippen LogP contribution is -2.38. The Labute approximate surface area is 195 Å². The van der Waals surface area contributed by atoms with Gasteiger partial charge in [0.15, 0.2) is 0 Å². The number of rotatable bonds is 6. The Morgan fingerprint density at radius 2 is 1.03 bits per heavy atom. The van der Waals surface area contributed by atoms with Crippen LogP contribution in [-0.2, 0) is 19.1 Å². The molecule has 0 saturated heterocycles. The first-order valence-corrected chi connectivity index (χ1v) is 13.2. The van der Waals surface area contributed by atoms with E-state index in [1.54, 1.807) is 0 Å². The molecule has 2 saturated carbocycles. The molecule has 0 N–H and O–H groups in total. The molecule has 0 aromatic carbocycles. The van der Waals surface area contributed by atoms with Crippen molar-refractivity contribution in [2.45, 2.75) is 105 Å². The molecule has 0 heterocycles. The van der Waals surface area contributed by atoms with Gasteiger partial charge in [-0.15, -0.1) is 0 Å². The lowest BCUT2D eigenvalue weighted by molar-refractivity contribution is -0.163. The topological polar surface area (TPSA) is 52.6 Å². The molecule has 182 valence electrons. The summed E-state index contributed by atoms with van der Waals surface area (Å²) < 4.78 is 12.1. The summed E-state index contributed by atoms with van der Waals surface area (Å²) in [5, 5.41) is 0. The summed E-state index contributed by atoms with van der Waals surface area (Å²) in [6, 6.07) is 0. The van der Waals surface area contributed by atoms with Crippen molar-refractivity contribution >= 4 is 11.9 Å². The van der Waals surface area contributed by atoms with Gasteiger partial charge in [0.25, 0.3) is 0 Å². The molecule has 8 atom stereocenters. The molecule has 3 aliphatic rings. The van der Waals surface area contributed by atoms with Crippen LogP contribution in [-0.4, -0.2) is 24.1 Å². The van der Waals surface area contributed by atoms with Crippen LogP contribution in [0.25, 0.3) is 0 Å². The first-order valence-electron chi connectivity index (χ1n) is 13.2. The predicted molar refractivity (Wildman–Crippen MR) is 128 cm³/mol. The molecular weight excluding hydrogens is 400 g/mol. The zero-order valence-electron chi connectivity index (χ0n) is 21.2. The Bertz CT molecular complexity index is 610. The summed E-state index contributed by atoms with van der Waals surface area (Å²) in [5.74, 6) is 2.50. The van der Waals surface area contributed by atoms with E-state index in [-0.39, 0.29) is 36.0 Å². The summed E-state index contributed by atoms with van der Waals surface area (Å²) >= 11 is 0. The number of hydrogen-bond donors (Lipinski definition) is 0. The molecule has 32 heavy (non-hydrogen) atoms. The Hall–Kier alpha value is -1.32. The smallest absolute Gasteiger partial charge is 0.313 e. The number of esters is 2. The first kappa shape index (κ1) is 25.3. The molecule has 0 radical (unpaired) electrons. The SMILES string of the molecule is CC(C)[C@H]1CC[C@@H](C)C[C@H]1OC(=O)[C@@H]1C=C[C@H](C(=O)O[C@@H]2C[C@@H](C)CC[C@@H]2C(C)C)CC1. The van der Waals surface area contributed by atoms with Gasteiger partial charge in [0, 0.05) is 0 Å². The molecule has 4 nitrogen and oxygen atoms in total. The molecule has 3 rings (SSSR count). The predicted octanol–water partition coefficient (Wildman–Crippen LogP) is 6.58. The molecule has 2 fully saturated rings. The minimum atomic E-state index is -0.234. The maximum atomic E-state index is 12.9. The molecule has 0 spiro atoms. The van der Waals surface area contributed by atoms with Crippen molar-refractivity contribution in [3.8, 4) is 0 Å². The zero-order chi connectivity index (χ0) is 23.4. The average molecular weight is 447 g/mol. The van der Waals surface area contributed by atoms with E-state index < -0.39 is 0 Å². The van der Waals surface area contributed by atoms with Crippen molar-refractivity contribution < 1.29 is 19.1 Å². The minimum absolute atomic E-state index is 0.0311. The number of carbonyl (C=O) groups is 2. The molecule has 3 aliphatic carbocycles. The highest BCUT2D eigenvalue weighted by Gasteiger charge is 2.37. The van der Waals surface area contributed by atoms with Gasteiger partial charge in [0.05, 0.1) is 11.8 Å². The fourth-order valence-corrected chi connectivity index (χ4v) is 6.19. The summed E-state index contributed by atoms with van der Waals surface area (Å²) in [7, 11) is 0. The normalized spacial score (nSPS) is 38.0. The summed E-state index contributed by atoms with van der Waals surface area (Å²) in [5.41, 5.74) is 0. The highest BCUT2D eigenvalue weighted by Crippen LogP contribution is 2.38. The lowest BCUT2D eigenvalue weighted by Gasteiger charge is -2.38. The summed E-state index contributed by atoms with van der Waals surface area (Å²) in [6.07, 6.45) is 11.9. The Kier molecular flexibility index (Phi) is 8.86. The third-order valence-electron chi connectivity index (χ3n) is 8.43. The Morgan fingerprint density at radius 1 is 0.656 bits per heavy atom. The van der Waals surface area contributed by atoms with E-state index in [0.29, 0.717) is 48.3 Å². The summed E-state index contributed by atoms with van der Waals surface area (Å²) in [4.78, 5) is 25.8. The number of hydrogen-bond acceptors (Lipinski definition) is 4. The largest absolute Gasteiger partial charge is 0.462 e. The van der Waals surface area contributed by atoms with Crippen molar-refractivity contribution in [3.05, 3.63) is 12.2 Å². The second-order valence-electron chi connectivity index (χ2n) is 11.8. The average Bonchev–Trinajstić information content (AvgIpc) is 2.73. The number of carbonyl (C=O) groups excluding carboxylic acids is 2. The van der Waals surface area contributed by atoms with Gasteiger partial charge in [-0.25, -0.2) is 0 Å². The van der Waals surface area contributed by atoms with Crippen molar-refractivity contribution in [2.75, 3.05) is 0 Å². The molecule has 0 bridgehead atoms. The molecule has 0 aromatic rings. The second kappa shape index (κ2) is 11.2. The van der Waals surface area contributed by atoms with E-state index in [0.717, 1.165) is 25.7 Å². The van der Waals surface area contributed by atoms with Gasteiger partial charge in [-0.3, -0.25) is 9.59 Å². The third-order valence-corrected chi connectivity index (χ3v) is 8.43. The molecule has 0 aliphatic heterocycles. The highest BCUT2D eigenvalue weighted by molar-refractivity contribution is 5.78. The van der Waals surface area contributed by atoms with Gasteiger partial charge in [-0.2, -0.15) is 0 Å². The van der Waals surface area contributed by atoms with Gasteiger partial charge in [0.2, 0.25) is 0 Å². The van der Waals surface area contributed by atoms with E-state index in [9.17, 15) is 9.59 Å². The molecular formula is C28H46O4. The van der Waals surface area contributed by atoms with Crippen LogP contribution in [0, 0.1) is 47.3 Å². The van der Waals surface area contributed by atoms with Gasteiger partial charge in [-0.1, -0.05) is 66.5 Å². The van der Waals surface area contributed by atoms with E-state index in [2.05, 4.69) is 41.5 Å². The van der Waals surface area contributed by atoms with Gasteiger partial charge in [0.1, 0.15) is 12.2 Å². The Balaban J connectivity index is 1.54. The zero-order valence-corrected chi connectivity index (χ0v) is 21.2. The first-order chi connectivity index (χ1) is 15.2. The molecule has 4 heteroatoms. The van der Waals surface area contributed by atoms with Gasteiger partial charge >= 0.3 is 11.9 Å². The van der Waals surface area contributed by atoms with Gasteiger partial charge in [-0.05, 0) is 74.0 Å². The van der Waals surface area contributed by atoms with Crippen molar-refractivity contribution in [1.82, 2.24) is 0 Å².